The van der Waals surface area contributed by atoms with Crippen LogP contribution in [0.3, 0.4) is 0 Å². The van der Waals surface area contributed by atoms with Gasteiger partial charge in [0.2, 0.25) is 5.75 Å². The van der Waals surface area contributed by atoms with Crippen molar-refractivity contribution in [2.45, 2.75) is 6.18 Å². The van der Waals surface area contributed by atoms with Gasteiger partial charge in [-0.1, -0.05) is 11.6 Å². The normalized spacial score (nSPS) is 11.2. The maximum atomic E-state index is 12.6. The van der Waals surface area contributed by atoms with Crippen molar-refractivity contribution >= 4 is 17.3 Å². The van der Waals surface area contributed by atoms with Crippen molar-refractivity contribution < 1.29 is 22.8 Å². The topological polar surface area (TPSA) is 65.3 Å². The van der Waals surface area contributed by atoms with Gasteiger partial charge in [-0.05, 0) is 12.1 Å². The largest absolute Gasteiger partial charge is 0.448 e. The summed E-state index contributed by atoms with van der Waals surface area (Å²) in [5.41, 5.74) is -1.93. The van der Waals surface area contributed by atoms with Gasteiger partial charge in [0.15, 0.2) is 0 Å². The Kier molecular flexibility index (Phi) is 3.99. The first-order valence-electron chi connectivity index (χ1n) is 5.41. The van der Waals surface area contributed by atoms with Crippen LogP contribution in [0.2, 0.25) is 5.02 Å². The van der Waals surface area contributed by atoms with Gasteiger partial charge in [-0.2, -0.15) is 13.2 Å². The Balaban J connectivity index is 2.42. The average Bonchev–Trinajstić information content (AvgIpc) is 2.37. The van der Waals surface area contributed by atoms with E-state index in [0.717, 1.165) is 6.07 Å². The first-order valence-corrected chi connectivity index (χ1v) is 5.79. The molecule has 0 fully saturated rings. The van der Waals surface area contributed by atoms with E-state index in [-0.39, 0.29) is 16.5 Å². The Morgan fingerprint density at radius 3 is 2.52 bits per heavy atom. The predicted molar refractivity (Wildman–Crippen MR) is 67.4 cm³/mol. The van der Waals surface area contributed by atoms with Crippen molar-refractivity contribution in [3.05, 3.63) is 57.4 Å². The molecule has 1 heterocycles. The number of halogens is 4. The molecule has 2 rings (SSSR count). The average molecular weight is 319 g/mol. The van der Waals surface area contributed by atoms with E-state index >= 15 is 0 Å². The van der Waals surface area contributed by atoms with Crippen molar-refractivity contribution in [2.75, 3.05) is 0 Å². The second-order valence-electron chi connectivity index (χ2n) is 3.88. The van der Waals surface area contributed by atoms with Gasteiger partial charge >= 0.3 is 11.9 Å². The van der Waals surface area contributed by atoms with Crippen LogP contribution in [0.25, 0.3) is 0 Å². The summed E-state index contributed by atoms with van der Waals surface area (Å²) < 4.78 is 42.8. The lowest BCUT2D eigenvalue weighted by molar-refractivity contribution is -0.385. The fourth-order valence-corrected chi connectivity index (χ4v) is 1.66. The number of hydrogen-bond acceptors (Lipinski definition) is 4. The third-order valence-corrected chi connectivity index (χ3v) is 2.60. The van der Waals surface area contributed by atoms with Crippen LogP contribution in [-0.2, 0) is 6.18 Å². The molecular formula is C12H6ClF3N2O3. The number of nitro groups is 1. The van der Waals surface area contributed by atoms with Crippen molar-refractivity contribution in [2.24, 2.45) is 0 Å². The molecule has 1 aromatic carbocycles. The Labute approximate surface area is 121 Å². The van der Waals surface area contributed by atoms with E-state index in [2.05, 4.69) is 4.98 Å². The first kappa shape index (κ1) is 15.0. The zero-order chi connectivity index (χ0) is 15.6. The summed E-state index contributed by atoms with van der Waals surface area (Å²) >= 11 is 5.67. The molecule has 0 unspecified atom stereocenters. The van der Waals surface area contributed by atoms with E-state index in [1.54, 1.807) is 0 Å². The van der Waals surface area contributed by atoms with Crippen molar-refractivity contribution in [3.8, 4) is 11.5 Å². The van der Waals surface area contributed by atoms with Crippen LogP contribution < -0.4 is 4.74 Å². The molecule has 0 amide bonds. The number of alkyl halides is 3. The lowest BCUT2D eigenvalue weighted by atomic mass is 10.2. The highest BCUT2D eigenvalue weighted by Gasteiger charge is 2.33. The molecule has 0 spiro atoms. The number of ether oxygens (including phenoxy) is 1. The van der Waals surface area contributed by atoms with Crippen molar-refractivity contribution in [1.29, 1.82) is 0 Å². The molecule has 0 saturated carbocycles. The van der Waals surface area contributed by atoms with E-state index in [1.807, 2.05) is 0 Å². The molecule has 5 nitrogen and oxygen atoms in total. The molecule has 9 heteroatoms. The lowest BCUT2D eigenvalue weighted by Gasteiger charge is -2.09. The zero-order valence-electron chi connectivity index (χ0n) is 10.1. The molecule has 0 bridgehead atoms. The van der Waals surface area contributed by atoms with Gasteiger partial charge in [0.1, 0.15) is 5.75 Å². The predicted octanol–water partition coefficient (Wildman–Crippen LogP) is 4.45. The molecule has 2 aromatic rings. The Bertz CT molecular complexity index is 692. The molecule has 1 aromatic heterocycles. The second kappa shape index (κ2) is 5.57. The van der Waals surface area contributed by atoms with Gasteiger partial charge in [-0.3, -0.25) is 15.1 Å². The fraction of sp³-hybridized carbons (Fsp3) is 0.0833. The van der Waals surface area contributed by atoms with Crippen LogP contribution in [0.1, 0.15) is 5.56 Å². The number of pyridine rings is 1. The van der Waals surface area contributed by atoms with E-state index in [1.165, 1.54) is 18.5 Å². The third-order valence-electron chi connectivity index (χ3n) is 2.39. The SMILES string of the molecule is O=[N+]([O-])c1cc(C(F)(F)F)ccc1Oc1cncc(Cl)c1. The molecule has 0 N–H and O–H groups in total. The van der Waals surface area contributed by atoms with Crippen LogP contribution >= 0.6 is 11.6 Å². The van der Waals surface area contributed by atoms with Gasteiger partial charge in [-0.25, -0.2) is 0 Å². The zero-order valence-corrected chi connectivity index (χ0v) is 10.9. The minimum absolute atomic E-state index is 0.0744. The van der Waals surface area contributed by atoms with Crippen LogP contribution in [0.4, 0.5) is 18.9 Å². The van der Waals surface area contributed by atoms with Gasteiger partial charge in [0.05, 0.1) is 21.7 Å². The fourth-order valence-electron chi connectivity index (χ4n) is 1.50. The van der Waals surface area contributed by atoms with Crippen LogP contribution in [0, 0.1) is 10.1 Å². The maximum Gasteiger partial charge on any atom is 0.416 e. The van der Waals surface area contributed by atoms with Crippen LogP contribution in [0.5, 0.6) is 11.5 Å². The minimum atomic E-state index is -4.68. The van der Waals surface area contributed by atoms with E-state index < -0.39 is 22.4 Å². The third kappa shape index (κ3) is 3.60. The number of benzene rings is 1. The molecule has 110 valence electrons. The standard InChI is InChI=1S/C12H6ClF3N2O3/c13-8-4-9(6-17-5-8)21-11-2-1-7(12(14,15)16)3-10(11)18(19)20/h1-6H. The number of rotatable bonds is 3. The summed E-state index contributed by atoms with van der Waals surface area (Å²) in [6, 6.07) is 3.31. The number of aromatic nitrogens is 1. The Morgan fingerprint density at radius 2 is 1.95 bits per heavy atom. The minimum Gasteiger partial charge on any atom is -0.448 e. The van der Waals surface area contributed by atoms with Crippen molar-refractivity contribution in [1.82, 2.24) is 4.98 Å². The van der Waals surface area contributed by atoms with E-state index in [4.69, 9.17) is 16.3 Å². The monoisotopic (exact) mass is 318 g/mol. The molecular weight excluding hydrogens is 313 g/mol. The van der Waals surface area contributed by atoms with Crippen LogP contribution in [0.15, 0.2) is 36.7 Å². The van der Waals surface area contributed by atoms with Gasteiger partial charge in [-0.15, -0.1) is 0 Å². The molecule has 0 radical (unpaired) electrons. The molecule has 0 aliphatic rings. The van der Waals surface area contributed by atoms with Gasteiger partial charge in [0, 0.05) is 18.3 Å². The molecule has 0 aliphatic heterocycles. The quantitative estimate of drug-likeness (QED) is 0.619. The number of nitro benzene ring substituents is 1. The van der Waals surface area contributed by atoms with E-state index in [9.17, 15) is 23.3 Å². The smallest absolute Gasteiger partial charge is 0.416 e. The summed E-state index contributed by atoms with van der Waals surface area (Å²) in [5.74, 6) is -0.262. The molecule has 0 aliphatic carbocycles. The summed E-state index contributed by atoms with van der Waals surface area (Å²) in [7, 11) is 0. The Morgan fingerprint density at radius 1 is 1.24 bits per heavy atom. The molecule has 0 saturated heterocycles. The highest BCUT2D eigenvalue weighted by molar-refractivity contribution is 6.30. The Hall–Kier alpha value is -2.35. The summed E-state index contributed by atoms with van der Waals surface area (Å²) in [6.45, 7) is 0. The maximum absolute atomic E-state index is 12.6. The first-order chi connectivity index (χ1) is 9.77. The molecule has 21 heavy (non-hydrogen) atoms. The lowest BCUT2D eigenvalue weighted by Crippen LogP contribution is -2.06. The van der Waals surface area contributed by atoms with Crippen LogP contribution in [-0.4, -0.2) is 9.91 Å². The van der Waals surface area contributed by atoms with Crippen molar-refractivity contribution in [3.63, 3.8) is 0 Å². The number of hydrogen-bond donors (Lipinski definition) is 0. The van der Waals surface area contributed by atoms with Gasteiger partial charge in [0.25, 0.3) is 0 Å². The number of nitrogens with zero attached hydrogens (tertiary/aromatic N) is 2. The highest BCUT2D eigenvalue weighted by Crippen LogP contribution is 2.37. The summed E-state index contributed by atoms with van der Waals surface area (Å²) in [4.78, 5) is 13.6. The van der Waals surface area contributed by atoms with E-state index in [0.29, 0.717) is 12.1 Å². The highest BCUT2D eigenvalue weighted by atomic mass is 35.5. The second-order valence-corrected chi connectivity index (χ2v) is 4.31. The summed E-state index contributed by atoms with van der Waals surface area (Å²) in [5, 5.41) is 11.1. The summed E-state index contributed by atoms with van der Waals surface area (Å²) in [6.07, 6.45) is -2.14. The molecule has 0 atom stereocenters. The van der Waals surface area contributed by atoms with Gasteiger partial charge < -0.3 is 4.74 Å².